The van der Waals surface area contributed by atoms with Gasteiger partial charge in [0, 0.05) is 20.9 Å². The highest BCUT2D eigenvalue weighted by atomic mass is 16.5. The van der Waals surface area contributed by atoms with Crippen LogP contribution in [0.2, 0.25) is 0 Å². The first-order chi connectivity index (χ1) is 8.73. The van der Waals surface area contributed by atoms with Crippen molar-refractivity contribution < 1.29 is 9.95 Å². The molecule has 0 aromatic rings. The molecule has 0 radical (unpaired) electrons. The van der Waals surface area contributed by atoms with Crippen LogP contribution < -0.4 is 0 Å². The first kappa shape index (κ1) is 16.9. The first-order valence-corrected chi connectivity index (χ1v) is 6.84. The topological polar surface area (TPSA) is 65.1 Å². The number of nitrogens with zero attached hydrogens (tertiary/aromatic N) is 4. The molecule has 0 aromatic heterocycles. The molecule has 6 heteroatoms. The fraction of sp³-hybridized carbons (Fsp3) is 0.857. The molecule has 0 spiro atoms. The van der Waals surface area contributed by atoms with Crippen molar-refractivity contribution in [2.45, 2.75) is 65.2 Å². The average molecular weight is 284 g/mol. The van der Waals surface area contributed by atoms with Crippen LogP contribution in [-0.2, 0) is 0 Å². The van der Waals surface area contributed by atoms with Crippen molar-refractivity contribution in [3.05, 3.63) is 5.21 Å². The van der Waals surface area contributed by atoms with E-state index in [0.717, 1.165) is 9.80 Å². The van der Waals surface area contributed by atoms with Gasteiger partial charge in [-0.1, -0.05) is 0 Å². The molecule has 20 heavy (non-hydrogen) atoms. The predicted octanol–water partition coefficient (Wildman–Crippen LogP) is 1.92. The summed E-state index contributed by atoms with van der Waals surface area (Å²) in [5, 5.41) is 23.6. The van der Waals surface area contributed by atoms with Crippen LogP contribution >= 0.6 is 0 Å². The predicted molar refractivity (Wildman–Crippen MR) is 81.3 cm³/mol. The van der Waals surface area contributed by atoms with E-state index < -0.39 is 11.2 Å². The summed E-state index contributed by atoms with van der Waals surface area (Å²) in [6, 6.07) is 0. The molecule has 0 saturated heterocycles. The van der Waals surface area contributed by atoms with Crippen LogP contribution in [0.25, 0.3) is 0 Å². The van der Waals surface area contributed by atoms with E-state index >= 15 is 0 Å². The summed E-state index contributed by atoms with van der Waals surface area (Å²) in [5.74, 6) is 0.315. The lowest BCUT2D eigenvalue weighted by Crippen LogP contribution is -2.53. The zero-order valence-corrected chi connectivity index (χ0v) is 14.1. The lowest BCUT2D eigenvalue weighted by Gasteiger charge is -2.32. The molecular formula is C14H28N4O2. The summed E-state index contributed by atoms with van der Waals surface area (Å²) in [5.41, 5.74) is -1.12. The Labute approximate surface area is 121 Å². The highest BCUT2D eigenvalue weighted by molar-refractivity contribution is 6.42. The third-order valence-corrected chi connectivity index (χ3v) is 3.90. The Morgan fingerprint density at radius 1 is 1.30 bits per heavy atom. The normalized spacial score (nSPS) is 23.4. The molecule has 0 aliphatic carbocycles. The van der Waals surface area contributed by atoms with Crippen molar-refractivity contribution in [1.29, 1.82) is 0 Å². The van der Waals surface area contributed by atoms with Gasteiger partial charge in [0.05, 0.1) is 5.54 Å². The van der Waals surface area contributed by atoms with Crippen LogP contribution in [-0.4, -0.2) is 62.3 Å². The molecule has 1 aliphatic heterocycles. The van der Waals surface area contributed by atoms with E-state index in [0.29, 0.717) is 11.5 Å². The number of hydrogen-bond donors (Lipinski definition) is 1. The van der Waals surface area contributed by atoms with Crippen molar-refractivity contribution in [2.24, 2.45) is 4.99 Å². The van der Waals surface area contributed by atoms with Crippen molar-refractivity contribution in [3.8, 4) is 0 Å². The fourth-order valence-corrected chi connectivity index (χ4v) is 2.46. The van der Waals surface area contributed by atoms with Crippen molar-refractivity contribution in [1.82, 2.24) is 9.96 Å². The van der Waals surface area contributed by atoms with E-state index in [-0.39, 0.29) is 5.54 Å². The molecule has 116 valence electrons. The van der Waals surface area contributed by atoms with Gasteiger partial charge in [0.25, 0.3) is 5.71 Å². The Balaban J connectivity index is 3.55. The second kappa shape index (κ2) is 4.70. The second-order valence-electron chi connectivity index (χ2n) is 7.39. The fourth-order valence-electron chi connectivity index (χ4n) is 2.46. The number of amidine groups is 1. The molecule has 0 fully saturated rings. The lowest BCUT2D eigenvalue weighted by molar-refractivity contribution is -0.555. The van der Waals surface area contributed by atoms with Crippen LogP contribution in [0, 0.1) is 5.21 Å². The first-order valence-electron chi connectivity index (χ1n) is 6.84. The van der Waals surface area contributed by atoms with Crippen molar-refractivity contribution in [3.63, 3.8) is 0 Å². The van der Waals surface area contributed by atoms with Gasteiger partial charge in [-0.3, -0.25) is 10.2 Å². The minimum absolute atomic E-state index is 0.315. The van der Waals surface area contributed by atoms with Crippen molar-refractivity contribution in [2.75, 3.05) is 14.1 Å². The van der Waals surface area contributed by atoms with Gasteiger partial charge in [0.15, 0.2) is 0 Å². The van der Waals surface area contributed by atoms with Crippen molar-refractivity contribution >= 4 is 11.5 Å². The van der Waals surface area contributed by atoms with E-state index in [1.165, 1.54) is 7.05 Å². The lowest BCUT2D eigenvalue weighted by atomic mass is 9.95. The van der Waals surface area contributed by atoms with E-state index in [1.807, 2.05) is 60.4 Å². The van der Waals surface area contributed by atoms with E-state index in [2.05, 4.69) is 4.99 Å². The number of aliphatic imine (C=N–C) groups is 1. The number of hydroxylamine groups is 3. The van der Waals surface area contributed by atoms with E-state index in [9.17, 15) is 10.4 Å². The maximum Gasteiger partial charge on any atom is 0.253 e. The Hall–Kier alpha value is -1.14. The van der Waals surface area contributed by atoms with Gasteiger partial charge >= 0.3 is 0 Å². The molecule has 0 aromatic carbocycles. The maximum atomic E-state index is 12.7. The largest absolute Gasteiger partial charge is 0.622 e. The summed E-state index contributed by atoms with van der Waals surface area (Å²) in [7, 11) is 3.40. The maximum absolute atomic E-state index is 12.7. The zero-order chi connectivity index (χ0) is 16.1. The molecule has 1 aliphatic rings. The van der Waals surface area contributed by atoms with Crippen LogP contribution in [0.3, 0.4) is 0 Å². The van der Waals surface area contributed by atoms with Crippen LogP contribution in [0.5, 0.6) is 0 Å². The third-order valence-electron chi connectivity index (χ3n) is 3.90. The molecule has 0 bridgehead atoms. The summed E-state index contributed by atoms with van der Waals surface area (Å²) in [6.45, 7) is 13.4. The van der Waals surface area contributed by atoms with Gasteiger partial charge < -0.3 is 5.21 Å². The van der Waals surface area contributed by atoms with Crippen LogP contribution in [0.4, 0.5) is 0 Å². The highest BCUT2D eigenvalue weighted by Gasteiger charge is 2.56. The third kappa shape index (κ3) is 2.67. The molecule has 0 atom stereocenters. The number of rotatable bonds is 1. The van der Waals surface area contributed by atoms with Gasteiger partial charge in [-0.05, 0) is 41.7 Å². The van der Waals surface area contributed by atoms with Gasteiger partial charge in [-0.25, -0.2) is 9.96 Å². The van der Waals surface area contributed by atoms with E-state index in [4.69, 9.17) is 0 Å². The molecular weight excluding hydrogens is 256 g/mol. The standard InChI is InChI=1S/C14H28N4O2/c1-12(2,3)15-11(16(8)19)10-13(4,5)17(9)14(6,7)18(10)20/h19H,1-9H3. The molecule has 1 heterocycles. The van der Waals surface area contributed by atoms with Gasteiger partial charge in [-0.15, -0.1) is 0 Å². The van der Waals surface area contributed by atoms with Crippen LogP contribution in [0.1, 0.15) is 48.5 Å². The molecule has 1 N–H and O–H groups in total. The minimum Gasteiger partial charge on any atom is -0.622 e. The Morgan fingerprint density at radius 3 is 2.00 bits per heavy atom. The summed E-state index contributed by atoms with van der Waals surface area (Å²) in [4.78, 5) is 6.51. The molecule has 6 nitrogen and oxygen atoms in total. The zero-order valence-electron chi connectivity index (χ0n) is 14.1. The second-order valence-corrected chi connectivity index (χ2v) is 7.39. The quantitative estimate of drug-likeness (QED) is 0.263. The van der Waals surface area contributed by atoms with Gasteiger partial charge in [-0.2, -0.15) is 4.74 Å². The van der Waals surface area contributed by atoms with Gasteiger partial charge in [0.1, 0.15) is 5.54 Å². The Bertz CT molecular complexity index is 456. The molecule has 0 amide bonds. The summed E-state index contributed by atoms with van der Waals surface area (Å²) in [6.07, 6.45) is 0. The minimum atomic E-state index is -0.687. The van der Waals surface area contributed by atoms with Crippen LogP contribution in [0.15, 0.2) is 4.99 Å². The summed E-state index contributed by atoms with van der Waals surface area (Å²) < 4.78 is 0.949. The summed E-state index contributed by atoms with van der Waals surface area (Å²) >= 11 is 0. The van der Waals surface area contributed by atoms with Gasteiger partial charge in [0.2, 0.25) is 11.5 Å². The average Bonchev–Trinajstić information content (AvgIpc) is 2.34. The Kier molecular flexibility index (Phi) is 3.98. The SMILES string of the molecule is CN(O)C(=NC(C)(C)C)C1=[N+]([O-])C(C)(C)N(C)C1(C)C. The monoisotopic (exact) mass is 284 g/mol. The molecule has 0 saturated carbocycles. The molecule has 1 rings (SSSR count). The number of hydrogen-bond acceptors (Lipinski definition) is 4. The van der Waals surface area contributed by atoms with E-state index in [1.54, 1.807) is 0 Å². The smallest absolute Gasteiger partial charge is 0.253 e. The highest BCUT2D eigenvalue weighted by Crippen LogP contribution is 2.33. The Morgan fingerprint density at radius 2 is 1.75 bits per heavy atom. The molecule has 0 unspecified atom stereocenters.